The zero-order valence-corrected chi connectivity index (χ0v) is 12.0. The minimum atomic E-state index is -0.110. The average molecular weight is 261 g/mol. The Balaban J connectivity index is 1.70. The predicted molar refractivity (Wildman–Crippen MR) is 75.9 cm³/mol. The first-order valence-corrected chi connectivity index (χ1v) is 7.20. The average Bonchev–Trinajstić information content (AvgIpc) is 3.12. The molecule has 2 aliphatic rings. The summed E-state index contributed by atoms with van der Waals surface area (Å²) in [5, 5.41) is 3.35. The lowest BCUT2D eigenvalue weighted by Gasteiger charge is -2.20. The third kappa shape index (κ3) is 2.71. The van der Waals surface area contributed by atoms with Crippen LogP contribution in [-0.4, -0.2) is 25.3 Å². The van der Waals surface area contributed by atoms with Crippen molar-refractivity contribution in [2.75, 3.05) is 13.7 Å². The Morgan fingerprint density at radius 1 is 1.42 bits per heavy atom. The van der Waals surface area contributed by atoms with Crippen LogP contribution in [0.5, 0.6) is 11.5 Å². The predicted octanol–water partition coefficient (Wildman–Crippen LogP) is 2.78. The highest BCUT2D eigenvalue weighted by atomic mass is 16.5. The Bertz CT molecular complexity index is 466. The molecule has 0 aromatic heterocycles. The van der Waals surface area contributed by atoms with E-state index >= 15 is 0 Å². The molecular weight excluding hydrogens is 238 g/mol. The molecule has 0 spiro atoms. The molecule has 1 saturated carbocycles. The summed E-state index contributed by atoms with van der Waals surface area (Å²) in [7, 11) is 2.02. The number of ether oxygens (including phenoxy) is 2. The van der Waals surface area contributed by atoms with Gasteiger partial charge in [-0.2, -0.15) is 0 Å². The van der Waals surface area contributed by atoms with E-state index in [0.29, 0.717) is 6.04 Å². The minimum Gasteiger partial charge on any atom is -0.488 e. The number of nitrogens with one attached hydrogen (secondary N) is 1. The van der Waals surface area contributed by atoms with Crippen molar-refractivity contribution >= 4 is 0 Å². The highest BCUT2D eigenvalue weighted by molar-refractivity contribution is 5.50. The van der Waals surface area contributed by atoms with Gasteiger partial charge in [0.25, 0.3) is 0 Å². The maximum Gasteiger partial charge on any atom is 0.165 e. The quantitative estimate of drug-likeness (QED) is 0.884. The normalized spacial score (nSPS) is 21.6. The Labute approximate surface area is 115 Å². The van der Waals surface area contributed by atoms with Crippen LogP contribution >= 0.6 is 0 Å². The first-order valence-electron chi connectivity index (χ1n) is 7.20. The molecule has 3 nitrogen and oxygen atoms in total. The second-order valence-electron chi connectivity index (χ2n) is 6.33. The van der Waals surface area contributed by atoms with Crippen molar-refractivity contribution in [3.8, 4) is 11.5 Å². The molecule has 1 aliphatic carbocycles. The van der Waals surface area contributed by atoms with E-state index < -0.39 is 0 Å². The van der Waals surface area contributed by atoms with Crippen LogP contribution in [0.25, 0.3) is 0 Å². The van der Waals surface area contributed by atoms with Crippen LogP contribution in [0.2, 0.25) is 0 Å². The van der Waals surface area contributed by atoms with Gasteiger partial charge in [-0.05, 0) is 45.7 Å². The topological polar surface area (TPSA) is 30.5 Å². The van der Waals surface area contributed by atoms with Crippen molar-refractivity contribution in [2.24, 2.45) is 5.92 Å². The van der Waals surface area contributed by atoms with E-state index in [1.165, 1.54) is 18.4 Å². The Morgan fingerprint density at radius 3 is 2.89 bits per heavy atom. The molecule has 1 N–H and O–H groups in total. The van der Waals surface area contributed by atoms with Gasteiger partial charge in [0.2, 0.25) is 0 Å². The summed E-state index contributed by atoms with van der Waals surface area (Å²) < 4.78 is 12.0. The molecule has 3 rings (SSSR count). The number of para-hydroxylation sites is 1. The number of hydrogen-bond donors (Lipinski definition) is 1. The third-order valence-corrected chi connectivity index (χ3v) is 4.04. The van der Waals surface area contributed by atoms with E-state index in [2.05, 4.69) is 31.3 Å². The summed E-state index contributed by atoms with van der Waals surface area (Å²) in [6, 6.07) is 6.67. The molecule has 1 heterocycles. The molecule has 1 aliphatic heterocycles. The van der Waals surface area contributed by atoms with Crippen LogP contribution in [0.4, 0.5) is 0 Å². The van der Waals surface area contributed by atoms with Crippen LogP contribution in [0.15, 0.2) is 18.2 Å². The van der Waals surface area contributed by atoms with E-state index in [0.717, 1.165) is 30.4 Å². The van der Waals surface area contributed by atoms with Gasteiger partial charge in [0.05, 0.1) is 0 Å². The largest absolute Gasteiger partial charge is 0.488 e. The lowest BCUT2D eigenvalue weighted by Crippen LogP contribution is -2.33. The molecule has 104 valence electrons. The molecule has 1 aromatic carbocycles. The molecule has 1 atom stereocenters. The van der Waals surface area contributed by atoms with Crippen molar-refractivity contribution in [3.63, 3.8) is 0 Å². The molecule has 0 radical (unpaired) electrons. The van der Waals surface area contributed by atoms with Crippen molar-refractivity contribution in [2.45, 2.75) is 44.8 Å². The molecule has 3 heteroatoms. The number of likely N-dealkylation sites (N-methyl/N-ethyl adjacent to an activating group) is 1. The summed E-state index contributed by atoms with van der Waals surface area (Å²) in [5.41, 5.74) is 1.15. The Kier molecular flexibility index (Phi) is 3.17. The number of fused-ring (bicyclic) bond motifs is 1. The molecule has 1 unspecified atom stereocenters. The first-order chi connectivity index (χ1) is 9.09. The zero-order chi connectivity index (χ0) is 13.5. The molecule has 19 heavy (non-hydrogen) atoms. The van der Waals surface area contributed by atoms with E-state index in [1.54, 1.807) is 0 Å². The second kappa shape index (κ2) is 4.71. The minimum absolute atomic E-state index is 0.110. The van der Waals surface area contributed by atoms with E-state index in [9.17, 15) is 0 Å². The summed E-state index contributed by atoms with van der Waals surface area (Å²) in [4.78, 5) is 0. The standard InChI is InChI=1S/C16H23NO2/c1-16(2)9-12-5-4-6-14(15(12)19-16)18-10-13(17-3)11-7-8-11/h4-6,11,13,17H,7-10H2,1-3H3. The molecular formula is C16H23NO2. The fourth-order valence-electron chi connectivity index (χ4n) is 2.83. The van der Waals surface area contributed by atoms with Gasteiger partial charge in [-0.25, -0.2) is 0 Å². The van der Waals surface area contributed by atoms with Gasteiger partial charge in [0.15, 0.2) is 11.5 Å². The van der Waals surface area contributed by atoms with Gasteiger partial charge < -0.3 is 14.8 Å². The van der Waals surface area contributed by atoms with Crippen molar-refractivity contribution < 1.29 is 9.47 Å². The fourth-order valence-corrected chi connectivity index (χ4v) is 2.83. The van der Waals surface area contributed by atoms with Crippen LogP contribution < -0.4 is 14.8 Å². The van der Waals surface area contributed by atoms with Gasteiger partial charge in [-0.3, -0.25) is 0 Å². The second-order valence-corrected chi connectivity index (χ2v) is 6.33. The van der Waals surface area contributed by atoms with Crippen molar-refractivity contribution in [3.05, 3.63) is 23.8 Å². The van der Waals surface area contributed by atoms with Crippen molar-refractivity contribution in [1.29, 1.82) is 0 Å². The third-order valence-electron chi connectivity index (χ3n) is 4.04. The van der Waals surface area contributed by atoms with E-state index in [1.807, 2.05) is 13.1 Å². The number of hydrogen-bond acceptors (Lipinski definition) is 3. The maximum atomic E-state index is 6.02. The van der Waals surface area contributed by atoms with Gasteiger partial charge in [-0.15, -0.1) is 0 Å². The van der Waals surface area contributed by atoms with Gasteiger partial charge in [0.1, 0.15) is 12.2 Å². The zero-order valence-electron chi connectivity index (χ0n) is 12.0. The fraction of sp³-hybridized carbons (Fsp3) is 0.625. The van der Waals surface area contributed by atoms with Crippen LogP contribution in [0, 0.1) is 5.92 Å². The van der Waals surface area contributed by atoms with Crippen LogP contribution in [0.1, 0.15) is 32.3 Å². The lowest BCUT2D eigenvalue weighted by atomic mass is 10.0. The number of rotatable bonds is 5. The summed E-state index contributed by atoms with van der Waals surface area (Å²) >= 11 is 0. The first kappa shape index (κ1) is 12.8. The molecule has 1 aromatic rings. The number of benzene rings is 1. The van der Waals surface area contributed by atoms with Crippen LogP contribution in [0.3, 0.4) is 0 Å². The summed E-state index contributed by atoms with van der Waals surface area (Å²) in [6.45, 7) is 4.97. The highest BCUT2D eigenvalue weighted by Gasteiger charge is 2.33. The smallest absolute Gasteiger partial charge is 0.165 e. The van der Waals surface area contributed by atoms with Gasteiger partial charge in [0, 0.05) is 18.0 Å². The SMILES string of the molecule is CNC(COc1cccc2c1OC(C)(C)C2)C1CC1. The Morgan fingerprint density at radius 2 is 2.21 bits per heavy atom. The molecule has 0 amide bonds. The monoisotopic (exact) mass is 261 g/mol. The van der Waals surface area contributed by atoms with Gasteiger partial charge >= 0.3 is 0 Å². The highest BCUT2D eigenvalue weighted by Crippen LogP contribution is 2.42. The van der Waals surface area contributed by atoms with Gasteiger partial charge in [-0.1, -0.05) is 12.1 Å². The summed E-state index contributed by atoms with van der Waals surface area (Å²) in [6.07, 6.45) is 3.61. The lowest BCUT2D eigenvalue weighted by molar-refractivity contribution is 0.130. The van der Waals surface area contributed by atoms with E-state index in [-0.39, 0.29) is 5.60 Å². The van der Waals surface area contributed by atoms with Crippen molar-refractivity contribution in [1.82, 2.24) is 5.32 Å². The Hall–Kier alpha value is -1.22. The molecule has 1 fully saturated rings. The maximum absolute atomic E-state index is 6.02. The van der Waals surface area contributed by atoms with Crippen LogP contribution in [-0.2, 0) is 6.42 Å². The molecule has 0 saturated heterocycles. The van der Waals surface area contributed by atoms with E-state index in [4.69, 9.17) is 9.47 Å². The molecule has 0 bridgehead atoms. The summed E-state index contributed by atoms with van der Waals surface area (Å²) in [5.74, 6) is 2.63.